The Balaban J connectivity index is 1.62. The molecule has 0 saturated carbocycles. The number of ether oxygens (including phenoxy) is 1. The summed E-state index contributed by atoms with van der Waals surface area (Å²) < 4.78 is 5.33. The molecule has 1 aliphatic rings. The Morgan fingerprint density at radius 3 is 3.04 bits per heavy atom. The van der Waals surface area contributed by atoms with Gasteiger partial charge in [0.25, 0.3) is 5.91 Å². The number of esters is 1. The average Bonchev–Trinajstić information content (AvgIpc) is 3.26. The van der Waals surface area contributed by atoms with Crippen LogP contribution in [0.4, 0.5) is 5.00 Å². The van der Waals surface area contributed by atoms with E-state index in [9.17, 15) is 9.59 Å². The molecule has 1 amide bonds. The zero-order valence-electron chi connectivity index (χ0n) is 14.7. The maximum absolute atomic E-state index is 12.4. The fourth-order valence-corrected chi connectivity index (χ4v) is 4.86. The second kappa shape index (κ2) is 8.02. The number of fused-ring (bicyclic) bond motifs is 1. The molecule has 2 aromatic heterocycles. The minimum Gasteiger partial charge on any atom is -0.448 e. The van der Waals surface area contributed by atoms with Crippen molar-refractivity contribution >= 4 is 39.6 Å². The molecule has 0 radical (unpaired) electrons. The predicted molar refractivity (Wildman–Crippen MR) is 103 cm³/mol. The number of anilines is 1. The Hall–Kier alpha value is -2.17. The maximum Gasteiger partial charge on any atom is 0.349 e. The van der Waals surface area contributed by atoms with Crippen LogP contribution in [0, 0.1) is 17.2 Å². The monoisotopic (exact) mass is 388 g/mol. The molecule has 1 aliphatic carbocycles. The molecule has 0 unspecified atom stereocenters. The van der Waals surface area contributed by atoms with Crippen LogP contribution in [0.5, 0.6) is 0 Å². The van der Waals surface area contributed by atoms with E-state index in [1.165, 1.54) is 46.5 Å². The van der Waals surface area contributed by atoms with E-state index in [1.54, 1.807) is 11.4 Å². The van der Waals surface area contributed by atoms with Crippen LogP contribution in [0.2, 0.25) is 0 Å². The fourth-order valence-electron chi connectivity index (χ4n) is 3.03. The topological polar surface area (TPSA) is 79.2 Å². The van der Waals surface area contributed by atoms with Crippen LogP contribution >= 0.6 is 22.7 Å². The molecule has 1 N–H and O–H groups in total. The number of amides is 1. The van der Waals surface area contributed by atoms with Gasteiger partial charge in [0.05, 0.1) is 5.56 Å². The van der Waals surface area contributed by atoms with Gasteiger partial charge in [-0.2, -0.15) is 5.26 Å². The van der Waals surface area contributed by atoms with Crippen molar-refractivity contribution in [3.63, 3.8) is 0 Å². The van der Waals surface area contributed by atoms with Crippen LogP contribution < -0.4 is 5.32 Å². The third-order valence-electron chi connectivity index (χ3n) is 4.64. The number of hydrogen-bond acceptors (Lipinski definition) is 6. The summed E-state index contributed by atoms with van der Waals surface area (Å²) in [4.78, 5) is 26.5. The van der Waals surface area contributed by atoms with Gasteiger partial charge in [0.1, 0.15) is 15.9 Å². The average molecular weight is 389 g/mol. The van der Waals surface area contributed by atoms with Crippen molar-refractivity contribution in [1.29, 1.82) is 5.26 Å². The molecule has 0 aliphatic heterocycles. The second-order valence-corrected chi connectivity index (χ2v) is 8.44. The zero-order valence-corrected chi connectivity index (χ0v) is 16.3. The lowest BCUT2D eigenvalue weighted by Crippen LogP contribution is -2.29. The Labute approximate surface area is 160 Å². The lowest BCUT2D eigenvalue weighted by atomic mass is 9.87. The first kappa shape index (κ1) is 18.6. The summed E-state index contributed by atoms with van der Waals surface area (Å²) in [5.41, 5.74) is 1.65. The van der Waals surface area contributed by atoms with E-state index >= 15 is 0 Å². The number of carbonyl (C=O) groups excluding carboxylic acids is 2. The molecular formula is C19H20N2O3S2. The second-order valence-electron chi connectivity index (χ2n) is 6.39. The summed E-state index contributed by atoms with van der Waals surface area (Å²) in [5.74, 6) is -0.220. The van der Waals surface area contributed by atoms with Gasteiger partial charge in [0.15, 0.2) is 6.10 Å². The lowest BCUT2D eigenvalue weighted by molar-refractivity contribution is -0.123. The van der Waals surface area contributed by atoms with Crippen LogP contribution in [0.1, 0.15) is 52.4 Å². The summed E-state index contributed by atoms with van der Waals surface area (Å²) >= 11 is 2.74. The summed E-state index contributed by atoms with van der Waals surface area (Å²) in [6, 6.07) is 5.57. The summed E-state index contributed by atoms with van der Waals surface area (Å²) in [5, 5.41) is 13.8. The standard InChI is InChI=1S/C19H20N2O3S2/c1-3-12-4-5-15-14(8-12)9-16(26-15)19(23)24-11(2)17(22)21-18-13(10-20)6-7-25-18/h6-7,9,11-12H,3-5,8H2,1-2H3,(H,21,22)/t11-,12-/m0/s1. The van der Waals surface area contributed by atoms with Gasteiger partial charge in [-0.15, -0.1) is 22.7 Å². The lowest BCUT2D eigenvalue weighted by Gasteiger charge is -2.19. The van der Waals surface area contributed by atoms with Crippen molar-refractivity contribution in [2.45, 2.75) is 45.6 Å². The Morgan fingerprint density at radius 1 is 1.50 bits per heavy atom. The van der Waals surface area contributed by atoms with Gasteiger partial charge in [-0.25, -0.2) is 4.79 Å². The number of rotatable bonds is 5. The van der Waals surface area contributed by atoms with Gasteiger partial charge in [-0.05, 0) is 55.2 Å². The van der Waals surface area contributed by atoms with Crippen molar-refractivity contribution in [3.8, 4) is 6.07 Å². The number of nitrogens with zero attached hydrogens (tertiary/aromatic N) is 1. The van der Waals surface area contributed by atoms with E-state index in [2.05, 4.69) is 12.2 Å². The summed E-state index contributed by atoms with van der Waals surface area (Å²) in [7, 11) is 0. The highest BCUT2D eigenvalue weighted by Crippen LogP contribution is 2.34. The fraction of sp³-hybridized carbons (Fsp3) is 0.421. The number of hydrogen-bond donors (Lipinski definition) is 1. The van der Waals surface area contributed by atoms with E-state index in [0.717, 1.165) is 19.3 Å². The minimum atomic E-state index is -0.932. The van der Waals surface area contributed by atoms with E-state index in [0.29, 0.717) is 21.4 Å². The molecule has 0 saturated heterocycles. The van der Waals surface area contributed by atoms with Crippen LogP contribution in [0.25, 0.3) is 0 Å². The molecule has 7 heteroatoms. The molecule has 0 aromatic carbocycles. The van der Waals surface area contributed by atoms with E-state index < -0.39 is 18.0 Å². The van der Waals surface area contributed by atoms with Crippen molar-refractivity contribution in [2.24, 2.45) is 5.92 Å². The number of aryl methyl sites for hydroxylation is 1. The minimum absolute atomic E-state index is 0.401. The zero-order chi connectivity index (χ0) is 18.7. The number of carbonyl (C=O) groups is 2. The number of nitriles is 1. The van der Waals surface area contributed by atoms with Gasteiger partial charge in [-0.1, -0.05) is 13.3 Å². The van der Waals surface area contributed by atoms with Gasteiger partial charge in [0.2, 0.25) is 0 Å². The van der Waals surface area contributed by atoms with Crippen molar-refractivity contribution in [3.05, 3.63) is 38.4 Å². The first-order valence-corrected chi connectivity index (χ1v) is 10.3. The Bertz CT molecular complexity index is 863. The van der Waals surface area contributed by atoms with Crippen molar-refractivity contribution in [1.82, 2.24) is 0 Å². The summed E-state index contributed by atoms with van der Waals surface area (Å²) in [6.07, 6.45) is 3.41. The Morgan fingerprint density at radius 2 is 2.31 bits per heavy atom. The van der Waals surface area contributed by atoms with Crippen LogP contribution in [0.3, 0.4) is 0 Å². The van der Waals surface area contributed by atoms with Gasteiger partial charge in [-0.3, -0.25) is 4.79 Å². The third-order valence-corrected chi connectivity index (χ3v) is 6.69. The molecular weight excluding hydrogens is 368 g/mol. The molecule has 136 valence electrons. The van der Waals surface area contributed by atoms with Gasteiger partial charge < -0.3 is 10.1 Å². The molecule has 26 heavy (non-hydrogen) atoms. The quantitative estimate of drug-likeness (QED) is 0.771. The maximum atomic E-state index is 12.4. The van der Waals surface area contributed by atoms with Crippen LogP contribution in [0.15, 0.2) is 17.5 Å². The highest BCUT2D eigenvalue weighted by atomic mass is 32.1. The molecule has 5 nitrogen and oxygen atoms in total. The SMILES string of the molecule is CC[C@H]1CCc2sc(C(=O)O[C@@H](C)C(=O)Nc3sccc3C#N)cc2C1. The molecule has 3 rings (SSSR count). The Kier molecular flexibility index (Phi) is 5.74. The van der Waals surface area contributed by atoms with Crippen LogP contribution in [-0.2, 0) is 22.4 Å². The van der Waals surface area contributed by atoms with Gasteiger partial charge >= 0.3 is 5.97 Å². The first-order valence-electron chi connectivity index (χ1n) is 8.62. The molecule has 0 fully saturated rings. The van der Waals surface area contributed by atoms with Crippen molar-refractivity contribution < 1.29 is 14.3 Å². The molecule has 2 atom stereocenters. The number of thiophene rings is 2. The largest absolute Gasteiger partial charge is 0.448 e. The highest BCUT2D eigenvalue weighted by molar-refractivity contribution is 7.14. The smallest absolute Gasteiger partial charge is 0.349 e. The van der Waals surface area contributed by atoms with Crippen molar-refractivity contribution in [2.75, 3.05) is 5.32 Å². The third kappa shape index (κ3) is 3.97. The normalized spacial score (nSPS) is 17.0. The predicted octanol–water partition coefficient (Wildman–Crippen LogP) is 4.38. The van der Waals surface area contributed by atoms with Gasteiger partial charge in [0, 0.05) is 4.88 Å². The van der Waals surface area contributed by atoms with Crippen LogP contribution in [-0.4, -0.2) is 18.0 Å². The number of nitrogens with one attached hydrogen (secondary N) is 1. The molecule has 0 spiro atoms. The molecule has 2 aromatic rings. The highest BCUT2D eigenvalue weighted by Gasteiger charge is 2.25. The van der Waals surface area contributed by atoms with E-state index in [-0.39, 0.29) is 0 Å². The van der Waals surface area contributed by atoms with E-state index in [1.807, 2.05) is 12.1 Å². The summed E-state index contributed by atoms with van der Waals surface area (Å²) in [6.45, 7) is 3.73. The molecule has 2 heterocycles. The first-order chi connectivity index (χ1) is 12.5. The van der Waals surface area contributed by atoms with E-state index in [4.69, 9.17) is 10.00 Å². The molecule has 0 bridgehead atoms.